The molecule has 1 saturated heterocycles. The van der Waals surface area contributed by atoms with Gasteiger partial charge in [-0.1, -0.05) is 118 Å². The molecule has 0 radical (unpaired) electrons. The number of β-amino-alcohol motifs (C(OH)–C–C–N with tert-alkyl or cyclic N) is 1. The van der Waals surface area contributed by atoms with Crippen LogP contribution in [0.3, 0.4) is 0 Å². The number of unbranched alkanes of at least 4 members (excludes halogenated alkanes) is 2. The molecule has 3 aromatic carbocycles. The summed E-state index contributed by atoms with van der Waals surface area (Å²) in [4.78, 5) is 72.1. The lowest BCUT2D eigenvalue weighted by molar-refractivity contribution is -0.145. The summed E-state index contributed by atoms with van der Waals surface area (Å²) in [7, 11) is 0. The van der Waals surface area contributed by atoms with Gasteiger partial charge in [0.2, 0.25) is 23.6 Å². The van der Waals surface area contributed by atoms with E-state index in [0.29, 0.717) is 49.8 Å². The number of hydrogen-bond acceptors (Lipinski definition) is 9. The maximum Gasteiger partial charge on any atom is 0.258 e. The number of aromatic nitrogens is 3. The van der Waals surface area contributed by atoms with Gasteiger partial charge in [-0.3, -0.25) is 29.4 Å². The van der Waals surface area contributed by atoms with Crippen LogP contribution in [-0.2, 0) is 30.5 Å². The van der Waals surface area contributed by atoms with Crippen molar-refractivity contribution in [2.75, 3.05) is 19.6 Å². The van der Waals surface area contributed by atoms with Crippen molar-refractivity contribution in [2.24, 2.45) is 5.41 Å². The molecule has 8 rings (SSSR count). The highest BCUT2D eigenvalue weighted by Gasteiger charge is 2.53. The summed E-state index contributed by atoms with van der Waals surface area (Å²) in [5.74, 6) is 4.07. The van der Waals surface area contributed by atoms with Gasteiger partial charge in [-0.05, 0) is 98.9 Å². The van der Waals surface area contributed by atoms with Gasteiger partial charge in [0.25, 0.3) is 5.91 Å². The summed E-state index contributed by atoms with van der Waals surface area (Å²) in [5.41, 5.74) is 4.73. The second-order valence-electron chi connectivity index (χ2n) is 22.7. The van der Waals surface area contributed by atoms with E-state index < -0.39 is 53.0 Å². The van der Waals surface area contributed by atoms with Crippen molar-refractivity contribution in [3.8, 4) is 34.2 Å². The smallest absolute Gasteiger partial charge is 0.258 e. The Labute approximate surface area is 462 Å². The molecule has 418 valence electrons. The van der Waals surface area contributed by atoms with Crippen LogP contribution in [0.1, 0.15) is 128 Å². The molecule has 0 spiro atoms. The summed E-state index contributed by atoms with van der Waals surface area (Å²) >= 11 is 0. The molecule has 3 fully saturated rings. The van der Waals surface area contributed by atoms with E-state index >= 15 is 0 Å². The fourth-order valence-corrected chi connectivity index (χ4v) is 10.6. The number of fused-ring (bicyclic) bond motifs is 1. The number of nitrogens with zero attached hydrogens (tertiary/aromatic N) is 4. The first-order chi connectivity index (χ1) is 37.8. The molecule has 2 aliphatic carbocycles. The van der Waals surface area contributed by atoms with Gasteiger partial charge in [-0.15, -0.1) is 0 Å². The molecule has 7 N–H and O–H groups in total. The van der Waals surface area contributed by atoms with Crippen LogP contribution in [0.25, 0.3) is 33.4 Å². The summed E-state index contributed by atoms with van der Waals surface area (Å²) in [5, 5.41) is 42.4. The molecule has 5 aromatic rings. The first kappa shape index (κ1) is 57.7. The van der Waals surface area contributed by atoms with Gasteiger partial charge >= 0.3 is 0 Å². The van der Waals surface area contributed by atoms with Crippen molar-refractivity contribution >= 4 is 40.6 Å². The largest absolute Gasteiger partial charge is 0.393 e. The molecule has 79 heavy (non-hydrogen) atoms. The zero-order valence-electron chi connectivity index (χ0n) is 46.0. The van der Waals surface area contributed by atoms with E-state index in [1.165, 1.54) is 4.90 Å². The van der Waals surface area contributed by atoms with E-state index in [1.54, 1.807) is 27.7 Å². The van der Waals surface area contributed by atoms with E-state index in [9.17, 15) is 44.0 Å². The Morgan fingerprint density at radius 2 is 1.53 bits per heavy atom. The summed E-state index contributed by atoms with van der Waals surface area (Å²) < 4.78 is 18.8. The van der Waals surface area contributed by atoms with Crippen molar-refractivity contribution < 1.29 is 38.6 Å². The summed E-state index contributed by atoms with van der Waals surface area (Å²) in [6.07, 6.45) is 6.25. The number of rotatable bonds is 21. The van der Waals surface area contributed by atoms with Crippen LogP contribution >= 0.6 is 0 Å². The minimum absolute atomic E-state index is 0.0527. The number of aliphatic hydroxyl groups excluding tert-OH is 2. The topological polar surface area (TPSA) is 224 Å². The lowest BCUT2D eigenvalue weighted by atomic mass is 9.85. The quantitative estimate of drug-likeness (QED) is 0.0226. The van der Waals surface area contributed by atoms with Crippen molar-refractivity contribution in [2.45, 2.75) is 160 Å². The van der Waals surface area contributed by atoms with Crippen molar-refractivity contribution in [1.29, 1.82) is 5.41 Å². The van der Waals surface area contributed by atoms with Crippen LogP contribution in [0, 0.1) is 22.7 Å². The normalized spacial score (nSPS) is 19.4. The minimum atomic E-state index is -2.00. The average molecular weight is 1080 g/mol. The molecule has 3 heterocycles. The van der Waals surface area contributed by atoms with Crippen LogP contribution in [0.5, 0.6) is 0 Å². The Kier molecular flexibility index (Phi) is 18.7. The highest BCUT2D eigenvalue weighted by molar-refractivity contribution is 6.03. The predicted molar refractivity (Wildman–Crippen MR) is 301 cm³/mol. The summed E-state index contributed by atoms with van der Waals surface area (Å²) in [6, 6.07) is 25.8. The Morgan fingerprint density at radius 3 is 2.20 bits per heavy atom. The maximum atomic E-state index is 14.6. The number of alkyl halides is 1. The predicted octanol–water partition coefficient (Wildman–Crippen LogP) is 7.16. The van der Waals surface area contributed by atoms with Gasteiger partial charge in [0.05, 0.1) is 42.1 Å². The van der Waals surface area contributed by atoms with Crippen LogP contribution < -0.4 is 26.8 Å². The van der Waals surface area contributed by atoms with E-state index in [4.69, 9.17) is 4.98 Å². The number of hydrogen-bond donors (Lipinski definition) is 7. The average Bonchev–Trinajstić information content (AvgIpc) is 4.19. The first-order valence-corrected chi connectivity index (χ1v) is 27.8. The van der Waals surface area contributed by atoms with Gasteiger partial charge < -0.3 is 45.5 Å². The number of likely N-dealkylation sites (tertiary alicyclic amines) is 1. The molecule has 5 amide bonds. The first-order valence-electron chi connectivity index (χ1n) is 27.8. The number of aliphatic hydroxyl groups is 2. The van der Waals surface area contributed by atoms with Crippen molar-refractivity contribution in [3.05, 3.63) is 120 Å². The Bertz CT molecular complexity index is 3140. The zero-order valence-corrected chi connectivity index (χ0v) is 46.0. The van der Waals surface area contributed by atoms with Crippen molar-refractivity contribution in [3.63, 3.8) is 0 Å². The molecule has 2 saturated carbocycles. The number of nitrogens with one attached hydrogen (secondary N) is 5. The number of carbonyl (C=O) groups is 5. The van der Waals surface area contributed by atoms with Gasteiger partial charge in [-0.2, -0.15) is 0 Å². The lowest BCUT2D eigenvalue weighted by Crippen LogP contribution is -2.59. The Hall–Kier alpha value is -7.42. The molecule has 1 aliphatic heterocycles. The van der Waals surface area contributed by atoms with Gasteiger partial charge in [-0.25, -0.2) is 9.37 Å². The zero-order chi connectivity index (χ0) is 56.4. The Morgan fingerprint density at radius 1 is 0.861 bits per heavy atom. The van der Waals surface area contributed by atoms with E-state index in [1.807, 2.05) is 59.4 Å². The fourth-order valence-electron chi connectivity index (χ4n) is 10.6. The van der Waals surface area contributed by atoms with Crippen LogP contribution in [0.15, 0.2) is 103 Å². The minimum Gasteiger partial charge on any atom is -0.393 e. The second kappa shape index (κ2) is 25.6. The number of benzene rings is 3. The number of amides is 5. The maximum absolute atomic E-state index is 14.6. The Balaban J connectivity index is 0.793. The monoisotopic (exact) mass is 1080 g/mol. The van der Waals surface area contributed by atoms with Crippen LogP contribution in [0.4, 0.5) is 4.39 Å². The highest BCUT2D eigenvalue weighted by atomic mass is 19.1. The molecule has 1 unspecified atom stereocenters. The van der Waals surface area contributed by atoms with Crippen LogP contribution in [0.2, 0.25) is 0 Å². The van der Waals surface area contributed by atoms with E-state index in [2.05, 4.69) is 80.7 Å². The van der Waals surface area contributed by atoms with Crippen molar-refractivity contribution in [1.82, 2.24) is 40.3 Å². The molecule has 3 aliphatic rings. The highest BCUT2D eigenvalue weighted by Crippen LogP contribution is 2.42. The molecule has 4 atom stereocenters. The van der Waals surface area contributed by atoms with E-state index in [-0.39, 0.29) is 69.2 Å². The lowest BCUT2D eigenvalue weighted by Gasteiger charge is -2.36. The third-order valence-electron chi connectivity index (χ3n) is 15.3. The standard InChI is InChI=1S/C62H76FN9O7/c1-40(2)48(68-58(77)49-35-47(74)38-70(49)59(78)55(61(3,4)5)69-60(79)62(63)30-31-62)36-51(76)66-33-17-25-50(75)65-32-15-7-6-10-18-41-19-16-20-42(34-41)37-71-54(44-23-13-9-14-24-44)52(43-21-11-8-12-22-43)53-56(64)72(39-67-57(53)71)45-26-28-46(73)29-27-45/h8-9,11-14,16,19-24,34,39,45-49,55,64,73-74H,1,6-7,15,17,25-33,35-38H2,2-5H3,(H,65,75)(H,66,76)(H,68,77)(H,69,79)/t45?,46?,47-,48+,49+,55?/m1/s1. The molecular formula is C62H76FN9O7. The third-order valence-corrected chi connectivity index (χ3v) is 15.3. The van der Waals surface area contributed by atoms with Gasteiger partial charge in [0, 0.05) is 62.6 Å². The van der Waals surface area contributed by atoms with E-state index in [0.717, 1.165) is 70.2 Å². The molecule has 16 nitrogen and oxygen atoms in total. The molecular weight excluding hydrogens is 1000 g/mol. The van der Waals surface area contributed by atoms with Gasteiger partial charge in [0.15, 0.2) is 5.67 Å². The third kappa shape index (κ3) is 14.4. The number of carbonyl (C=O) groups excluding carboxylic acids is 5. The SMILES string of the molecule is C=C(C)[C@H](CC(=O)NCCCC(=O)NCCCCC#Cc1cccc(Cn2c(-c3ccccc3)c(-c3ccccc3)c3c(=N)n(C4CCC(O)CC4)cnc32)c1)NC(=O)[C@@H]1C[C@@H](O)CN1C(=O)C(NC(=O)C1(F)CC1)C(C)(C)C. The molecule has 2 aromatic heterocycles. The molecule has 17 heteroatoms. The second-order valence-corrected chi connectivity index (χ2v) is 22.7. The molecule has 0 bridgehead atoms. The van der Waals surface area contributed by atoms with Gasteiger partial charge in [0.1, 0.15) is 23.2 Å². The van der Waals surface area contributed by atoms with Crippen LogP contribution in [-0.4, -0.2) is 114 Å². The summed E-state index contributed by atoms with van der Waals surface area (Å²) in [6.45, 7) is 11.9. The fraction of sp³-hybridized carbons (Fsp3) is 0.468. The number of halogens is 1.